The molecule has 1 aromatic carbocycles. The lowest BCUT2D eigenvalue weighted by molar-refractivity contribution is -0.137. The topological polar surface area (TPSA) is 34.5 Å². The van der Waals surface area contributed by atoms with Crippen molar-refractivity contribution in [2.45, 2.75) is 26.2 Å². The van der Waals surface area contributed by atoms with Gasteiger partial charge in [0.2, 0.25) is 5.91 Å². The number of ether oxygens (including phenoxy) is 1. The molecule has 7 heteroatoms. The molecular formula is C18H21F3N2O2. The van der Waals surface area contributed by atoms with E-state index < -0.39 is 11.7 Å². The summed E-state index contributed by atoms with van der Waals surface area (Å²) in [5.41, 5.74) is 0.742. The highest BCUT2D eigenvalue weighted by atomic mass is 19.4. The number of carbonyl (C=O) groups is 1. The van der Waals surface area contributed by atoms with Gasteiger partial charge in [0, 0.05) is 39.0 Å². The summed E-state index contributed by atoms with van der Waals surface area (Å²) >= 11 is 0. The summed E-state index contributed by atoms with van der Waals surface area (Å²) in [6.45, 7) is 3.05. The number of hydrogen-bond donors (Lipinski definition) is 0. The van der Waals surface area contributed by atoms with E-state index in [1.165, 1.54) is 13.0 Å². The minimum atomic E-state index is -4.36. The molecule has 2 rings (SSSR count). The fourth-order valence-corrected chi connectivity index (χ4v) is 2.53. The van der Waals surface area contributed by atoms with Crippen LogP contribution in [0.25, 0.3) is 0 Å². The maximum atomic E-state index is 12.8. The molecule has 1 amide bonds. The second kappa shape index (κ2) is 8.20. The number of aromatic nitrogens is 1. The molecule has 0 fully saturated rings. The number of carbonyl (C=O) groups excluding carboxylic acids is 1. The SMILES string of the molecule is COCCN(Cc1cccn1Cc1cccc(C(F)(F)F)c1)C(C)=O. The molecule has 1 heterocycles. The molecule has 0 N–H and O–H groups in total. The number of hydrogen-bond acceptors (Lipinski definition) is 2. The molecule has 0 bridgehead atoms. The number of benzene rings is 1. The number of rotatable bonds is 7. The molecule has 0 spiro atoms. The lowest BCUT2D eigenvalue weighted by atomic mass is 10.1. The minimum absolute atomic E-state index is 0.0798. The largest absolute Gasteiger partial charge is 0.416 e. The smallest absolute Gasteiger partial charge is 0.383 e. The van der Waals surface area contributed by atoms with E-state index in [0.29, 0.717) is 31.8 Å². The van der Waals surface area contributed by atoms with E-state index in [1.54, 1.807) is 24.3 Å². The minimum Gasteiger partial charge on any atom is -0.383 e. The van der Waals surface area contributed by atoms with Crippen molar-refractivity contribution in [2.24, 2.45) is 0 Å². The van der Waals surface area contributed by atoms with Crippen LogP contribution in [0.1, 0.15) is 23.7 Å². The number of nitrogens with zero attached hydrogens (tertiary/aromatic N) is 2. The van der Waals surface area contributed by atoms with Crippen LogP contribution in [0.2, 0.25) is 0 Å². The normalized spacial score (nSPS) is 11.6. The summed E-state index contributed by atoms with van der Waals surface area (Å²) in [7, 11) is 1.56. The summed E-state index contributed by atoms with van der Waals surface area (Å²) in [4.78, 5) is 13.4. The van der Waals surface area contributed by atoms with Crippen LogP contribution in [-0.4, -0.2) is 35.6 Å². The third-order valence-electron chi connectivity index (χ3n) is 3.89. The van der Waals surface area contributed by atoms with Crippen molar-refractivity contribution < 1.29 is 22.7 Å². The zero-order valence-corrected chi connectivity index (χ0v) is 14.2. The fraction of sp³-hybridized carbons (Fsp3) is 0.389. The van der Waals surface area contributed by atoms with E-state index in [-0.39, 0.29) is 5.91 Å². The van der Waals surface area contributed by atoms with E-state index in [2.05, 4.69) is 0 Å². The van der Waals surface area contributed by atoms with E-state index >= 15 is 0 Å². The maximum Gasteiger partial charge on any atom is 0.416 e. The van der Waals surface area contributed by atoms with Gasteiger partial charge < -0.3 is 14.2 Å². The molecule has 136 valence electrons. The van der Waals surface area contributed by atoms with Crippen molar-refractivity contribution in [3.63, 3.8) is 0 Å². The average Bonchev–Trinajstić information content (AvgIpc) is 2.97. The monoisotopic (exact) mass is 354 g/mol. The zero-order valence-electron chi connectivity index (χ0n) is 14.2. The first kappa shape index (κ1) is 19.1. The fourth-order valence-electron chi connectivity index (χ4n) is 2.53. The first-order chi connectivity index (χ1) is 11.8. The second-order valence-electron chi connectivity index (χ2n) is 5.76. The van der Waals surface area contributed by atoms with Gasteiger partial charge >= 0.3 is 6.18 Å². The second-order valence-corrected chi connectivity index (χ2v) is 5.76. The average molecular weight is 354 g/mol. The first-order valence-electron chi connectivity index (χ1n) is 7.86. The molecule has 2 aromatic rings. The molecule has 0 aliphatic carbocycles. The van der Waals surface area contributed by atoms with Crippen LogP contribution in [-0.2, 0) is 28.8 Å². The van der Waals surface area contributed by atoms with Gasteiger partial charge in [0.15, 0.2) is 0 Å². The van der Waals surface area contributed by atoms with E-state index in [4.69, 9.17) is 4.74 Å². The van der Waals surface area contributed by atoms with Crippen LogP contribution in [0.5, 0.6) is 0 Å². The number of alkyl halides is 3. The van der Waals surface area contributed by atoms with Crippen molar-refractivity contribution in [1.29, 1.82) is 0 Å². The van der Waals surface area contributed by atoms with Crippen LogP contribution in [0.4, 0.5) is 13.2 Å². The van der Waals surface area contributed by atoms with E-state index in [9.17, 15) is 18.0 Å². The molecule has 0 radical (unpaired) electrons. The quantitative estimate of drug-likeness (QED) is 0.762. The lowest BCUT2D eigenvalue weighted by Crippen LogP contribution is -2.32. The molecule has 0 aliphatic rings. The van der Waals surface area contributed by atoms with Gasteiger partial charge in [-0.3, -0.25) is 4.79 Å². The van der Waals surface area contributed by atoms with Crippen molar-refractivity contribution in [3.05, 3.63) is 59.4 Å². The molecule has 0 saturated carbocycles. The van der Waals surface area contributed by atoms with Gasteiger partial charge in [-0.05, 0) is 29.8 Å². The van der Waals surface area contributed by atoms with Crippen LogP contribution in [0.15, 0.2) is 42.6 Å². The summed E-state index contributed by atoms with van der Waals surface area (Å²) in [5, 5.41) is 0. The predicted octanol–water partition coefficient (Wildman–Crippen LogP) is 3.55. The summed E-state index contributed by atoms with van der Waals surface area (Å²) < 4.78 is 45.4. The Labute approximate surface area is 144 Å². The van der Waals surface area contributed by atoms with Crippen molar-refractivity contribution in [3.8, 4) is 0 Å². The van der Waals surface area contributed by atoms with Crippen LogP contribution >= 0.6 is 0 Å². The van der Waals surface area contributed by atoms with Gasteiger partial charge in [-0.2, -0.15) is 13.2 Å². The van der Waals surface area contributed by atoms with Gasteiger partial charge in [0.25, 0.3) is 0 Å². The van der Waals surface area contributed by atoms with Crippen molar-refractivity contribution >= 4 is 5.91 Å². The Balaban J connectivity index is 2.15. The van der Waals surface area contributed by atoms with Crippen molar-refractivity contribution in [2.75, 3.05) is 20.3 Å². The Morgan fingerprint density at radius 1 is 1.24 bits per heavy atom. The highest BCUT2D eigenvalue weighted by molar-refractivity contribution is 5.73. The number of methoxy groups -OCH3 is 1. The number of amides is 1. The highest BCUT2D eigenvalue weighted by Gasteiger charge is 2.30. The summed E-state index contributed by atoms with van der Waals surface area (Å²) in [6, 6.07) is 8.95. The van der Waals surface area contributed by atoms with E-state index in [0.717, 1.165) is 17.8 Å². The van der Waals surface area contributed by atoms with Crippen LogP contribution < -0.4 is 0 Å². The standard InChI is InChI=1S/C18H21F3N2O2/c1-14(24)22(9-10-25-2)13-17-7-4-8-23(17)12-15-5-3-6-16(11-15)18(19,20)21/h3-8,11H,9-10,12-13H2,1-2H3. The van der Waals surface area contributed by atoms with Gasteiger partial charge in [0.1, 0.15) is 0 Å². The maximum absolute atomic E-state index is 12.8. The Hall–Kier alpha value is -2.28. The van der Waals surface area contributed by atoms with Crippen LogP contribution in [0, 0.1) is 0 Å². The molecule has 4 nitrogen and oxygen atoms in total. The Kier molecular flexibility index (Phi) is 6.25. The van der Waals surface area contributed by atoms with Crippen LogP contribution in [0.3, 0.4) is 0 Å². The van der Waals surface area contributed by atoms with Gasteiger partial charge in [-0.25, -0.2) is 0 Å². The summed E-state index contributed by atoms with van der Waals surface area (Å²) in [5.74, 6) is -0.0798. The third kappa shape index (κ3) is 5.35. The van der Waals surface area contributed by atoms with Gasteiger partial charge in [-0.1, -0.05) is 12.1 Å². The molecular weight excluding hydrogens is 333 g/mol. The van der Waals surface area contributed by atoms with E-state index in [1.807, 2.05) is 16.7 Å². The Morgan fingerprint density at radius 2 is 2.00 bits per heavy atom. The molecule has 0 saturated heterocycles. The lowest BCUT2D eigenvalue weighted by Gasteiger charge is -2.22. The molecule has 0 unspecified atom stereocenters. The summed E-state index contributed by atoms with van der Waals surface area (Å²) in [6.07, 6.45) is -2.56. The van der Waals surface area contributed by atoms with Crippen molar-refractivity contribution in [1.82, 2.24) is 9.47 Å². The number of halogens is 3. The van der Waals surface area contributed by atoms with Gasteiger partial charge in [0.05, 0.1) is 18.7 Å². The third-order valence-corrected chi connectivity index (χ3v) is 3.89. The Bertz CT molecular complexity index is 710. The first-order valence-corrected chi connectivity index (χ1v) is 7.86. The Morgan fingerprint density at radius 3 is 2.64 bits per heavy atom. The zero-order chi connectivity index (χ0) is 18.4. The molecule has 1 aromatic heterocycles. The van der Waals surface area contributed by atoms with Gasteiger partial charge in [-0.15, -0.1) is 0 Å². The highest BCUT2D eigenvalue weighted by Crippen LogP contribution is 2.29. The molecule has 0 aliphatic heterocycles. The molecule has 0 atom stereocenters. The molecule has 25 heavy (non-hydrogen) atoms. The predicted molar refractivity (Wildman–Crippen MR) is 87.9 cm³/mol.